The van der Waals surface area contributed by atoms with E-state index in [1.165, 1.54) is 49.6 Å². The van der Waals surface area contributed by atoms with Crippen molar-refractivity contribution >= 4 is 44.9 Å². The third-order valence-corrected chi connectivity index (χ3v) is 4.88. The lowest BCUT2D eigenvalue weighted by atomic mass is 10.2. The molecule has 0 amide bonds. The first kappa shape index (κ1) is 16.6. The Bertz CT molecular complexity index is 804. The number of halogens is 2. The molecule has 0 atom stereocenters. The van der Waals surface area contributed by atoms with Crippen molar-refractivity contribution in [1.29, 1.82) is 0 Å². The maximum atomic E-state index is 12.2. The number of methoxy groups -OCH3 is 1. The minimum absolute atomic E-state index is 0.0149. The Morgan fingerprint density at radius 2 is 1.68 bits per heavy atom. The third-order valence-electron chi connectivity index (χ3n) is 2.76. The number of carbonyl (C=O) groups excluding carboxylic acids is 1. The maximum absolute atomic E-state index is 12.2. The summed E-state index contributed by atoms with van der Waals surface area (Å²) >= 11 is 11.6. The summed E-state index contributed by atoms with van der Waals surface area (Å²) in [5.41, 5.74) is 0.624. The molecule has 2 rings (SSSR count). The Balaban J connectivity index is 2.25. The fourth-order valence-corrected chi connectivity index (χ4v) is 3.10. The highest BCUT2D eigenvalue weighted by Gasteiger charge is 2.16. The van der Waals surface area contributed by atoms with Crippen LogP contribution in [-0.2, 0) is 14.8 Å². The van der Waals surface area contributed by atoms with E-state index in [0.29, 0.717) is 11.3 Å². The molecule has 2 aromatic rings. The van der Waals surface area contributed by atoms with Gasteiger partial charge in [0.2, 0.25) is 0 Å². The van der Waals surface area contributed by atoms with Crippen molar-refractivity contribution in [2.24, 2.45) is 0 Å². The van der Waals surface area contributed by atoms with Crippen LogP contribution in [0.4, 0.5) is 5.69 Å². The Kier molecular flexibility index (Phi) is 4.95. The summed E-state index contributed by atoms with van der Waals surface area (Å²) in [7, 11) is -2.53. The van der Waals surface area contributed by atoms with E-state index in [1.54, 1.807) is 0 Å². The maximum Gasteiger partial charge on any atom is 0.337 e. The van der Waals surface area contributed by atoms with E-state index in [0.717, 1.165) is 0 Å². The van der Waals surface area contributed by atoms with Crippen LogP contribution in [0.25, 0.3) is 0 Å². The Morgan fingerprint density at radius 1 is 1.05 bits per heavy atom. The number of benzene rings is 2. The highest BCUT2D eigenvalue weighted by Crippen LogP contribution is 2.26. The average Bonchev–Trinajstić information content (AvgIpc) is 2.49. The number of ether oxygens (including phenoxy) is 1. The molecule has 0 heterocycles. The number of rotatable bonds is 4. The van der Waals surface area contributed by atoms with Gasteiger partial charge in [0, 0.05) is 5.69 Å². The molecular weight excluding hydrogens is 349 g/mol. The second kappa shape index (κ2) is 6.56. The van der Waals surface area contributed by atoms with Gasteiger partial charge in [-0.2, -0.15) is 0 Å². The van der Waals surface area contributed by atoms with Gasteiger partial charge in [-0.15, -0.1) is 0 Å². The molecular formula is C14H11Cl2NO4S. The first-order valence-corrected chi connectivity index (χ1v) is 8.23. The summed E-state index contributed by atoms with van der Waals surface area (Å²) < 4.78 is 31.4. The molecule has 0 saturated heterocycles. The van der Waals surface area contributed by atoms with Gasteiger partial charge in [0.25, 0.3) is 10.0 Å². The van der Waals surface area contributed by atoms with Crippen LogP contribution in [0.1, 0.15) is 10.4 Å². The summed E-state index contributed by atoms with van der Waals surface area (Å²) in [5.74, 6) is -0.501. The molecule has 5 nitrogen and oxygen atoms in total. The van der Waals surface area contributed by atoms with Crippen LogP contribution in [0.2, 0.25) is 10.0 Å². The van der Waals surface area contributed by atoms with E-state index in [-0.39, 0.29) is 14.9 Å². The molecule has 0 radical (unpaired) electrons. The number of nitrogens with one attached hydrogen (secondary N) is 1. The largest absolute Gasteiger partial charge is 0.465 e. The highest BCUT2D eigenvalue weighted by atomic mass is 35.5. The van der Waals surface area contributed by atoms with Gasteiger partial charge >= 0.3 is 5.97 Å². The minimum atomic E-state index is -3.80. The van der Waals surface area contributed by atoms with Crippen molar-refractivity contribution < 1.29 is 17.9 Å². The van der Waals surface area contributed by atoms with Gasteiger partial charge in [-0.1, -0.05) is 23.2 Å². The smallest absolute Gasteiger partial charge is 0.337 e. The monoisotopic (exact) mass is 359 g/mol. The van der Waals surface area contributed by atoms with E-state index in [9.17, 15) is 13.2 Å². The van der Waals surface area contributed by atoms with Gasteiger partial charge in [0.15, 0.2) is 0 Å². The van der Waals surface area contributed by atoms with Gasteiger partial charge in [0.1, 0.15) is 0 Å². The molecule has 1 N–H and O–H groups in total. The lowest BCUT2D eigenvalue weighted by Crippen LogP contribution is -2.13. The number of anilines is 1. The van der Waals surface area contributed by atoms with E-state index >= 15 is 0 Å². The second-order valence-electron chi connectivity index (χ2n) is 4.25. The molecule has 116 valence electrons. The summed E-state index contributed by atoms with van der Waals surface area (Å²) in [5, 5.41) is 0.411. The van der Waals surface area contributed by atoms with Crippen molar-refractivity contribution in [2.75, 3.05) is 11.8 Å². The molecule has 8 heteroatoms. The summed E-state index contributed by atoms with van der Waals surface area (Å²) in [6.45, 7) is 0. The second-order valence-corrected chi connectivity index (χ2v) is 6.75. The van der Waals surface area contributed by atoms with Crippen molar-refractivity contribution in [1.82, 2.24) is 0 Å². The molecule has 0 saturated carbocycles. The molecule has 22 heavy (non-hydrogen) atoms. The first-order chi connectivity index (χ1) is 10.3. The topological polar surface area (TPSA) is 72.5 Å². The molecule has 0 unspecified atom stereocenters. The zero-order chi connectivity index (χ0) is 16.3. The SMILES string of the molecule is COC(=O)c1ccc(NS(=O)(=O)c2ccc(Cl)c(Cl)c2)cc1. The fourth-order valence-electron chi connectivity index (χ4n) is 1.65. The number of sulfonamides is 1. The van der Waals surface area contributed by atoms with Crippen LogP contribution in [0.5, 0.6) is 0 Å². The van der Waals surface area contributed by atoms with Gasteiger partial charge in [-0.05, 0) is 42.5 Å². The Hall–Kier alpha value is -1.76. The molecule has 0 aliphatic carbocycles. The molecule has 0 aliphatic rings. The van der Waals surface area contributed by atoms with Crippen LogP contribution >= 0.6 is 23.2 Å². The quantitative estimate of drug-likeness (QED) is 0.846. The minimum Gasteiger partial charge on any atom is -0.465 e. The molecule has 0 fully saturated rings. The molecule has 2 aromatic carbocycles. The fraction of sp³-hybridized carbons (Fsp3) is 0.0714. The molecule has 0 aliphatic heterocycles. The first-order valence-electron chi connectivity index (χ1n) is 6.00. The lowest BCUT2D eigenvalue weighted by molar-refractivity contribution is 0.0601. The highest BCUT2D eigenvalue weighted by molar-refractivity contribution is 7.92. The normalized spacial score (nSPS) is 11.0. The lowest BCUT2D eigenvalue weighted by Gasteiger charge is -2.09. The molecule has 0 spiro atoms. The molecule has 0 aromatic heterocycles. The van der Waals surface area contributed by atoms with Crippen molar-refractivity contribution in [2.45, 2.75) is 4.90 Å². The van der Waals surface area contributed by atoms with Crippen LogP contribution < -0.4 is 4.72 Å². The van der Waals surface area contributed by atoms with Crippen LogP contribution in [0.3, 0.4) is 0 Å². The zero-order valence-corrected chi connectivity index (χ0v) is 13.7. The Morgan fingerprint density at radius 3 is 2.23 bits per heavy atom. The van der Waals surface area contributed by atoms with Gasteiger partial charge in [0.05, 0.1) is 27.6 Å². The van der Waals surface area contributed by atoms with Gasteiger partial charge in [-0.3, -0.25) is 4.72 Å². The van der Waals surface area contributed by atoms with E-state index in [2.05, 4.69) is 9.46 Å². The van der Waals surface area contributed by atoms with Crippen LogP contribution in [0, 0.1) is 0 Å². The van der Waals surface area contributed by atoms with E-state index in [1.807, 2.05) is 0 Å². The number of hydrogen-bond donors (Lipinski definition) is 1. The Labute approximate surface area is 137 Å². The van der Waals surface area contributed by atoms with Crippen LogP contribution in [0.15, 0.2) is 47.4 Å². The van der Waals surface area contributed by atoms with Gasteiger partial charge < -0.3 is 4.74 Å². The van der Waals surface area contributed by atoms with E-state index < -0.39 is 16.0 Å². The van der Waals surface area contributed by atoms with Crippen LogP contribution in [-0.4, -0.2) is 21.5 Å². The summed E-state index contributed by atoms with van der Waals surface area (Å²) in [4.78, 5) is 11.3. The standard InChI is InChI=1S/C14H11Cl2NO4S/c1-21-14(18)9-2-4-10(5-3-9)17-22(19,20)11-6-7-12(15)13(16)8-11/h2-8,17H,1H3. The number of carbonyl (C=O) groups is 1. The van der Waals surface area contributed by atoms with E-state index in [4.69, 9.17) is 23.2 Å². The predicted octanol–water partition coefficient (Wildman–Crippen LogP) is 3.58. The average molecular weight is 360 g/mol. The number of esters is 1. The predicted molar refractivity (Wildman–Crippen MR) is 85.1 cm³/mol. The summed E-state index contributed by atoms with van der Waals surface area (Å²) in [6, 6.07) is 9.84. The number of hydrogen-bond acceptors (Lipinski definition) is 4. The summed E-state index contributed by atoms with van der Waals surface area (Å²) in [6.07, 6.45) is 0. The zero-order valence-electron chi connectivity index (χ0n) is 11.3. The van der Waals surface area contributed by atoms with Gasteiger partial charge in [-0.25, -0.2) is 13.2 Å². The van der Waals surface area contributed by atoms with Crippen molar-refractivity contribution in [3.63, 3.8) is 0 Å². The third kappa shape index (κ3) is 3.71. The van der Waals surface area contributed by atoms with Crippen molar-refractivity contribution in [3.05, 3.63) is 58.1 Å². The van der Waals surface area contributed by atoms with Crippen molar-refractivity contribution in [3.8, 4) is 0 Å². The molecule has 0 bridgehead atoms.